The summed E-state index contributed by atoms with van der Waals surface area (Å²) in [7, 11) is 0. The van der Waals surface area contributed by atoms with Crippen LogP contribution in [0.5, 0.6) is 11.5 Å². The van der Waals surface area contributed by atoms with Crippen LogP contribution in [0.3, 0.4) is 0 Å². The molecule has 0 bridgehead atoms. The van der Waals surface area contributed by atoms with Crippen LogP contribution in [0.1, 0.15) is 66.7 Å². The number of carboxylic acids is 1. The minimum Gasteiger partial charge on any atom is -0.506 e. The number of phenolic OH excluding ortho intramolecular Hbond substituents is 1. The van der Waals surface area contributed by atoms with E-state index in [9.17, 15) is 27.9 Å². The van der Waals surface area contributed by atoms with Crippen LogP contribution in [0.2, 0.25) is 0 Å². The van der Waals surface area contributed by atoms with Crippen LogP contribution >= 0.6 is 0 Å². The summed E-state index contributed by atoms with van der Waals surface area (Å²) >= 11 is 0. The molecule has 0 aliphatic carbocycles. The topological polar surface area (TPSA) is 93.1 Å². The second-order valence-corrected chi connectivity index (χ2v) is 10.1. The summed E-state index contributed by atoms with van der Waals surface area (Å²) in [6, 6.07) is 14.4. The fourth-order valence-corrected chi connectivity index (χ4v) is 4.12. The van der Waals surface area contributed by atoms with E-state index in [1.54, 1.807) is 39.0 Å². The number of alkyl halides is 3. The largest absolute Gasteiger partial charge is 0.506 e. The van der Waals surface area contributed by atoms with Crippen LogP contribution in [-0.4, -0.2) is 27.8 Å². The summed E-state index contributed by atoms with van der Waals surface area (Å²) < 4.78 is 51.1. The van der Waals surface area contributed by atoms with E-state index in [2.05, 4.69) is 0 Å². The number of aryl methyl sites for hydroxylation is 1. The highest BCUT2D eigenvalue weighted by atomic mass is 19.4. The number of aromatic hydroxyl groups is 1. The van der Waals surface area contributed by atoms with E-state index in [1.165, 1.54) is 0 Å². The Labute approximate surface area is 225 Å². The van der Waals surface area contributed by atoms with Crippen LogP contribution in [-0.2, 0) is 35.2 Å². The second kappa shape index (κ2) is 11.8. The van der Waals surface area contributed by atoms with E-state index in [-0.39, 0.29) is 18.6 Å². The number of benzene rings is 3. The molecule has 3 rings (SSSR count). The van der Waals surface area contributed by atoms with Gasteiger partial charge in [-0.15, -0.1) is 0 Å². The summed E-state index contributed by atoms with van der Waals surface area (Å²) in [5, 5.41) is 19.5. The molecule has 39 heavy (non-hydrogen) atoms. The predicted octanol–water partition coefficient (Wildman–Crippen LogP) is 7.19. The normalized spacial score (nSPS) is 11.8. The Hall–Kier alpha value is -4.01. The van der Waals surface area contributed by atoms with Gasteiger partial charge in [0.2, 0.25) is 0 Å². The van der Waals surface area contributed by atoms with E-state index in [1.807, 2.05) is 31.2 Å². The quantitative estimate of drug-likeness (QED) is 0.277. The van der Waals surface area contributed by atoms with E-state index >= 15 is 0 Å². The monoisotopic (exact) mass is 544 g/mol. The Morgan fingerprint density at radius 2 is 1.59 bits per heavy atom. The lowest BCUT2D eigenvalue weighted by atomic mass is 9.94. The van der Waals surface area contributed by atoms with Crippen molar-refractivity contribution < 1.29 is 42.4 Å². The number of rotatable bonds is 9. The number of aliphatic carboxylic acids is 1. The third kappa shape index (κ3) is 7.75. The molecule has 0 aromatic heterocycles. The zero-order chi connectivity index (χ0) is 29.0. The first kappa shape index (κ1) is 29.5. The first-order chi connectivity index (χ1) is 18.2. The highest BCUT2D eigenvalue weighted by Crippen LogP contribution is 2.39. The maximum atomic E-state index is 13.4. The van der Waals surface area contributed by atoms with Crippen LogP contribution in [0, 0.1) is 0 Å². The molecule has 0 amide bonds. The molecule has 0 atom stereocenters. The first-order valence-electron chi connectivity index (χ1n) is 12.4. The van der Waals surface area contributed by atoms with Crippen molar-refractivity contribution >= 4 is 11.9 Å². The molecule has 3 aromatic rings. The zero-order valence-electron chi connectivity index (χ0n) is 22.2. The molecular formula is C30H31F3O6. The van der Waals surface area contributed by atoms with Gasteiger partial charge in [0.25, 0.3) is 0 Å². The molecule has 208 valence electrons. The fraction of sp³-hybridized carbons (Fsp3) is 0.333. The molecule has 0 saturated heterocycles. The lowest BCUT2D eigenvalue weighted by Gasteiger charge is -2.22. The third-order valence-electron chi connectivity index (χ3n) is 5.78. The number of esters is 1. The lowest BCUT2D eigenvalue weighted by Crippen LogP contribution is -2.25. The van der Waals surface area contributed by atoms with Crippen molar-refractivity contribution in [3.05, 3.63) is 82.4 Å². The molecule has 0 fully saturated rings. The number of hydrogen-bond donors (Lipinski definition) is 2. The maximum Gasteiger partial charge on any atom is 0.419 e. The molecule has 6 nitrogen and oxygen atoms in total. The average molecular weight is 545 g/mol. The summed E-state index contributed by atoms with van der Waals surface area (Å²) in [4.78, 5) is 23.8. The van der Waals surface area contributed by atoms with Gasteiger partial charge in [-0.3, -0.25) is 4.79 Å². The summed E-state index contributed by atoms with van der Waals surface area (Å²) in [5.41, 5.74) is 0.691. The van der Waals surface area contributed by atoms with E-state index in [0.29, 0.717) is 11.8 Å². The Kier molecular flexibility index (Phi) is 8.94. The van der Waals surface area contributed by atoms with Crippen molar-refractivity contribution in [2.45, 2.75) is 65.3 Å². The number of hydrogen-bond acceptors (Lipinski definition) is 5. The van der Waals surface area contributed by atoms with Gasteiger partial charge in [0, 0.05) is 5.56 Å². The predicted molar refractivity (Wildman–Crippen MR) is 140 cm³/mol. The standard InChI is InChI=1S/C30H31F3O6/c1-5-6-20-15-18(16-25(34)35)7-13-23(20)19-8-11-22(12-9-19)38-17-21-10-14-24(30(31,32)33)27(36)26(21)28(37)39-29(2,3)4/h7-15,36H,5-6,16-17H2,1-4H3,(H,34,35). The molecule has 3 aromatic carbocycles. The molecular weight excluding hydrogens is 513 g/mol. The number of carbonyl (C=O) groups excluding carboxylic acids is 1. The van der Waals surface area contributed by atoms with Crippen molar-refractivity contribution in [3.63, 3.8) is 0 Å². The average Bonchev–Trinajstić information content (AvgIpc) is 2.81. The molecule has 9 heteroatoms. The van der Waals surface area contributed by atoms with Crippen molar-refractivity contribution in [1.29, 1.82) is 0 Å². The van der Waals surface area contributed by atoms with E-state index < -0.39 is 40.6 Å². The van der Waals surface area contributed by atoms with E-state index in [0.717, 1.165) is 41.2 Å². The number of halogens is 3. The van der Waals surface area contributed by atoms with Gasteiger partial charge in [-0.25, -0.2) is 4.79 Å². The van der Waals surface area contributed by atoms with Crippen molar-refractivity contribution in [3.8, 4) is 22.6 Å². The van der Waals surface area contributed by atoms with Crippen LogP contribution in [0.25, 0.3) is 11.1 Å². The highest BCUT2D eigenvalue weighted by molar-refractivity contribution is 5.95. The number of phenols is 1. The van der Waals surface area contributed by atoms with Crippen LogP contribution in [0.4, 0.5) is 13.2 Å². The molecule has 0 unspecified atom stereocenters. The molecule has 0 heterocycles. The molecule has 0 aliphatic heterocycles. The minimum absolute atomic E-state index is 0.0399. The first-order valence-corrected chi connectivity index (χ1v) is 12.4. The summed E-state index contributed by atoms with van der Waals surface area (Å²) in [5.74, 6) is -2.80. The van der Waals surface area contributed by atoms with Crippen molar-refractivity contribution in [2.75, 3.05) is 0 Å². The minimum atomic E-state index is -4.86. The van der Waals surface area contributed by atoms with Gasteiger partial charge >= 0.3 is 18.1 Å². The molecule has 0 radical (unpaired) electrons. The smallest absolute Gasteiger partial charge is 0.419 e. The third-order valence-corrected chi connectivity index (χ3v) is 5.78. The highest BCUT2D eigenvalue weighted by Gasteiger charge is 2.37. The molecule has 2 N–H and O–H groups in total. The van der Waals surface area contributed by atoms with Crippen molar-refractivity contribution in [2.24, 2.45) is 0 Å². The number of ether oxygens (including phenoxy) is 2. The Balaban J connectivity index is 1.86. The Bertz CT molecular complexity index is 1340. The Morgan fingerprint density at radius 1 is 0.923 bits per heavy atom. The Morgan fingerprint density at radius 3 is 2.15 bits per heavy atom. The second-order valence-electron chi connectivity index (χ2n) is 10.1. The molecule has 0 saturated carbocycles. The van der Waals surface area contributed by atoms with Gasteiger partial charge in [-0.1, -0.05) is 49.7 Å². The van der Waals surface area contributed by atoms with Crippen LogP contribution in [0.15, 0.2) is 54.6 Å². The van der Waals surface area contributed by atoms with Crippen molar-refractivity contribution in [1.82, 2.24) is 0 Å². The van der Waals surface area contributed by atoms with Gasteiger partial charge in [0.15, 0.2) is 0 Å². The van der Waals surface area contributed by atoms with Crippen LogP contribution < -0.4 is 4.74 Å². The number of carbonyl (C=O) groups is 2. The zero-order valence-corrected chi connectivity index (χ0v) is 22.2. The maximum absolute atomic E-state index is 13.4. The lowest BCUT2D eigenvalue weighted by molar-refractivity contribution is -0.139. The summed E-state index contributed by atoms with van der Waals surface area (Å²) in [6.07, 6.45) is -3.27. The van der Waals surface area contributed by atoms with Gasteiger partial charge in [-0.05, 0) is 67.6 Å². The van der Waals surface area contributed by atoms with Gasteiger partial charge in [0.1, 0.15) is 29.3 Å². The van der Waals surface area contributed by atoms with Gasteiger partial charge in [0.05, 0.1) is 12.0 Å². The summed E-state index contributed by atoms with van der Waals surface area (Å²) in [6.45, 7) is 6.45. The molecule has 0 aliphatic rings. The fourth-order valence-electron chi connectivity index (χ4n) is 4.12. The number of carboxylic acid groups (broad SMARTS) is 1. The SMILES string of the molecule is CCCc1cc(CC(=O)O)ccc1-c1ccc(OCc2ccc(C(F)(F)F)c(O)c2C(=O)OC(C)(C)C)cc1. The van der Waals surface area contributed by atoms with Gasteiger partial charge < -0.3 is 19.7 Å². The van der Waals surface area contributed by atoms with Gasteiger partial charge in [-0.2, -0.15) is 13.2 Å². The molecule has 0 spiro atoms. The van der Waals surface area contributed by atoms with E-state index in [4.69, 9.17) is 14.6 Å².